The standard InChI is InChI=1S/C15H20F3N3O2/c1-14(2,21-5-7-23-8-6-21)10-20-13(22)11-3-4-12(19-9-11)15(16,17)18/h3-4,9H,5-8,10H2,1-2H3,(H,20,22). The van der Waals surface area contributed by atoms with Crippen LogP contribution >= 0.6 is 0 Å². The molecule has 0 radical (unpaired) electrons. The number of nitrogens with zero attached hydrogens (tertiary/aromatic N) is 2. The Morgan fingerprint density at radius 1 is 1.30 bits per heavy atom. The van der Waals surface area contributed by atoms with Crippen molar-refractivity contribution in [1.82, 2.24) is 15.2 Å². The zero-order chi connectivity index (χ0) is 17.1. The third-order valence-electron chi connectivity index (χ3n) is 3.86. The summed E-state index contributed by atoms with van der Waals surface area (Å²) in [7, 11) is 0. The molecule has 0 saturated carbocycles. The minimum Gasteiger partial charge on any atom is -0.379 e. The molecule has 5 nitrogen and oxygen atoms in total. The van der Waals surface area contributed by atoms with Gasteiger partial charge in [0.2, 0.25) is 0 Å². The van der Waals surface area contributed by atoms with E-state index in [1.54, 1.807) is 0 Å². The number of pyridine rings is 1. The highest BCUT2D eigenvalue weighted by Crippen LogP contribution is 2.27. The molecule has 23 heavy (non-hydrogen) atoms. The number of alkyl halides is 3. The van der Waals surface area contributed by atoms with Crippen LogP contribution in [0.2, 0.25) is 0 Å². The second kappa shape index (κ2) is 6.84. The van der Waals surface area contributed by atoms with E-state index in [4.69, 9.17) is 4.74 Å². The fourth-order valence-electron chi connectivity index (χ4n) is 2.37. The van der Waals surface area contributed by atoms with E-state index in [2.05, 4.69) is 15.2 Å². The Hall–Kier alpha value is -1.67. The number of hydrogen-bond donors (Lipinski definition) is 1. The average Bonchev–Trinajstić information content (AvgIpc) is 2.53. The number of morpholine rings is 1. The van der Waals surface area contributed by atoms with Crippen molar-refractivity contribution in [2.75, 3.05) is 32.8 Å². The Morgan fingerprint density at radius 2 is 1.96 bits per heavy atom. The molecule has 0 aliphatic carbocycles. The van der Waals surface area contributed by atoms with Crippen LogP contribution < -0.4 is 5.32 Å². The highest BCUT2D eigenvalue weighted by atomic mass is 19.4. The zero-order valence-electron chi connectivity index (χ0n) is 13.1. The summed E-state index contributed by atoms with van der Waals surface area (Å²) in [5.74, 6) is -0.437. The molecule has 0 unspecified atom stereocenters. The van der Waals surface area contributed by atoms with E-state index in [0.29, 0.717) is 19.8 Å². The topological polar surface area (TPSA) is 54.5 Å². The first-order valence-corrected chi connectivity index (χ1v) is 7.34. The van der Waals surface area contributed by atoms with Crippen molar-refractivity contribution in [2.45, 2.75) is 25.6 Å². The Labute approximate surface area is 132 Å². The first-order valence-electron chi connectivity index (χ1n) is 7.34. The maximum absolute atomic E-state index is 12.5. The number of nitrogens with one attached hydrogen (secondary N) is 1. The smallest absolute Gasteiger partial charge is 0.379 e. The molecular formula is C15H20F3N3O2. The summed E-state index contributed by atoms with van der Waals surface area (Å²) < 4.78 is 42.7. The van der Waals surface area contributed by atoms with Gasteiger partial charge in [-0.15, -0.1) is 0 Å². The van der Waals surface area contributed by atoms with Crippen LogP contribution in [0, 0.1) is 0 Å². The van der Waals surface area contributed by atoms with Gasteiger partial charge in [0.1, 0.15) is 5.69 Å². The summed E-state index contributed by atoms with van der Waals surface area (Å²) in [6.45, 7) is 7.26. The van der Waals surface area contributed by atoms with Crippen LogP contribution in [0.15, 0.2) is 18.3 Å². The number of carbonyl (C=O) groups is 1. The molecule has 1 aliphatic rings. The molecule has 2 rings (SSSR count). The summed E-state index contributed by atoms with van der Waals surface area (Å²) in [6.07, 6.45) is -3.56. The molecule has 1 aliphatic heterocycles. The van der Waals surface area contributed by atoms with Crippen molar-refractivity contribution in [1.29, 1.82) is 0 Å². The molecule has 1 fully saturated rings. The molecule has 1 aromatic heterocycles. The predicted molar refractivity (Wildman–Crippen MR) is 78.0 cm³/mol. The minimum atomic E-state index is -4.51. The van der Waals surface area contributed by atoms with E-state index in [1.807, 2.05) is 13.8 Å². The monoisotopic (exact) mass is 331 g/mol. The molecule has 1 amide bonds. The van der Waals surface area contributed by atoms with Crippen LogP contribution in [-0.2, 0) is 10.9 Å². The van der Waals surface area contributed by atoms with Gasteiger partial charge in [0.15, 0.2) is 0 Å². The summed E-state index contributed by atoms with van der Waals surface area (Å²) in [4.78, 5) is 17.6. The zero-order valence-corrected chi connectivity index (χ0v) is 13.1. The maximum Gasteiger partial charge on any atom is 0.433 e. The van der Waals surface area contributed by atoms with Gasteiger partial charge in [0, 0.05) is 31.4 Å². The van der Waals surface area contributed by atoms with Gasteiger partial charge in [-0.3, -0.25) is 14.7 Å². The Kier molecular flexibility index (Phi) is 5.26. The maximum atomic E-state index is 12.5. The van der Waals surface area contributed by atoms with Crippen molar-refractivity contribution in [3.05, 3.63) is 29.6 Å². The molecule has 0 bridgehead atoms. The van der Waals surface area contributed by atoms with E-state index in [0.717, 1.165) is 31.4 Å². The van der Waals surface area contributed by atoms with Crippen LogP contribution in [0.25, 0.3) is 0 Å². The van der Waals surface area contributed by atoms with Crippen molar-refractivity contribution in [3.8, 4) is 0 Å². The molecule has 1 N–H and O–H groups in total. The number of amides is 1. The lowest BCUT2D eigenvalue weighted by Gasteiger charge is -2.40. The third-order valence-corrected chi connectivity index (χ3v) is 3.86. The van der Waals surface area contributed by atoms with Crippen molar-refractivity contribution in [2.24, 2.45) is 0 Å². The fourth-order valence-corrected chi connectivity index (χ4v) is 2.37. The predicted octanol–water partition coefficient (Wildman–Crippen LogP) is 1.94. The van der Waals surface area contributed by atoms with Crippen molar-refractivity contribution in [3.63, 3.8) is 0 Å². The fraction of sp³-hybridized carbons (Fsp3) is 0.600. The van der Waals surface area contributed by atoms with E-state index in [1.165, 1.54) is 0 Å². The minimum absolute atomic E-state index is 0.107. The molecule has 0 spiro atoms. The van der Waals surface area contributed by atoms with Crippen molar-refractivity contribution >= 4 is 5.91 Å². The lowest BCUT2D eigenvalue weighted by molar-refractivity contribution is -0.141. The molecule has 2 heterocycles. The Bertz CT molecular complexity index is 538. The van der Waals surface area contributed by atoms with Crippen LogP contribution in [0.4, 0.5) is 13.2 Å². The largest absolute Gasteiger partial charge is 0.433 e. The number of hydrogen-bond acceptors (Lipinski definition) is 4. The van der Waals surface area contributed by atoms with Crippen LogP contribution in [0.3, 0.4) is 0 Å². The second-order valence-electron chi connectivity index (χ2n) is 6.02. The molecular weight excluding hydrogens is 311 g/mol. The third kappa shape index (κ3) is 4.65. The summed E-state index contributed by atoms with van der Waals surface area (Å²) in [6, 6.07) is 1.94. The van der Waals surface area contributed by atoms with Gasteiger partial charge < -0.3 is 10.1 Å². The number of carbonyl (C=O) groups excluding carboxylic acids is 1. The lowest BCUT2D eigenvalue weighted by Crippen LogP contribution is -2.55. The normalized spacial score (nSPS) is 17.1. The van der Waals surface area contributed by atoms with Gasteiger partial charge in [-0.05, 0) is 26.0 Å². The van der Waals surface area contributed by atoms with Gasteiger partial charge in [-0.25, -0.2) is 0 Å². The van der Waals surface area contributed by atoms with Crippen LogP contribution in [-0.4, -0.2) is 54.2 Å². The molecule has 0 aromatic carbocycles. The van der Waals surface area contributed by atoms with Gasteiger partial charge in [0.25, 0.3) is 5.91 Å². The van der Waals surface area contributed by atoms with Crippen molar-refractivity contribution < 1.29 is 22.7 Å². The van der Waals surface area contributed by atoms with Gasteiger partial charge in [-0.2, -0.15) is 13.2 Å². The summed E-state index contributed by atoms with van der Waals surface area (Å²) >= 11 is 0. The van der Waals surface area contributed by atoms with Gasteiger partial charge in [0.05, 0.1) is 18.8 Å². The molecule has 128 valence electrons. The van der Waals surface area contributed by atoms with Crippen LogP contribution in [0.5, 0.6) is 0 Å². The van der Waals surface area contributed by atoms with E-state index in [9.17, 15) is 18.0 Å². The van der Waals surface area contributed by atoms with E-state index < -0.39 is 17.8 Å². The lowest BCUT2D eigenvalue weighted by atomic mass is 10.0. The number of halogens is 3. The molecule has 1 saturated heterocycles. The molecule has 8 heteroatoms. The SMILES string of the molecule is CC(C)(CNC(=O)c1ccc(C(F)(F)F)nc1)N1CCOCC1. The highest BCUT2D eigenvalue weighted by Gasteiger charge is 2.32. The number of rotatable bonds is 4. The number of aromatic nitrogens is 1. The average molecular weight is 331 g/mol. The molecule has 0 atom stereocenters. The molecule has 1 aromatic rings. The summed E-state index contributed by atoms with van der Waals surface area (Å²) in [5.41, 5.74) is -1.17. The Morgan fingerprint density at radius 3 is 2.48 bits per heavy atom. The van der Waals surface area contributed by atoms with Crippen LogP contribution in [0.1, 0.15) is 29.9 Å². The highest BCUT2D eigenvalue weighted by molar-refractivity contribution is 5.93. The van der Waals surface area contributed by atoms with Gasteiger partial charge in [-0.1, -0.05) is 0 Å². The first-order chi connectivity index (χ1) is 10.7. The second-order valence-corrected chi connectivity index (χ2v) is 6.02. The Balaban J connectivity index is 1.93. The number of ether oxygens (including phenoxy) is 1. The van der Waals surface area contributed by atoms with E-state index >= 15 is 0 Å². The first kappa shape index (κ1) is 17.7. The quantitative estimate of drug-likeness (QED) is 0.916. The summed E-state index contributed by atoms with van der Waals surface area (Å²) in [5, 5.41) is 2.75. The van der Waals surface area contributed by atoms with E-state index in [-0.39, 0.29) is 11.1 Å². The van der Waals surface area contributed by atoms with Gasteiger partial charge >= 0.3 is 6.18 Å².